The number of nitrogens with zero attached hydrogens (tertiary/aromatic N) is 2. The maximum Gasteiger partial charge on any atom is 0.321 e. The molecule has 4 rings (SSSR count). The minimum absolute atomic E-state index is 0.0274. The Morgan fingerprint density at radius 3 is 2.19 bits per heavy atom. The molecule has 5 nitrogen and oxygen atoms in total. The fraction of sp³-hybridized carbons (Fsp3) is 0.407. The Hall–Kier alpha value is -3.26. The highest BCUT2D eigenvalue weighted by Crippen LogP contribution is 2.40. The lowest BCUT2D eigenvalue weighted by atomic mass is 9.78. The number of anilines is 1. The maximum absolute atomic E-state index is 12.9. The standard InChI is InChI=1S/C27H31N3O2/c1-20-17-22(3)24(18-21(20)2)28-26(32)30-16-13-27(19-30)11-14-29(15-12-27)25(31)10-9-23-7-5-4-6-8-23/h4-8,17-18H,11-16,19H2,1-3H3,(H,28,32). The second kappa shape index (κ2) is 9.08. The number of benzene rings is 2. The van der Waals surface area contributed by atoms with E-state index in [1.807, 2.05) is 47.1 Å². The molecule has 5 heteroatoms. The average molecular weight is 430 g/mol. The second-order valence-electron chi connectivity index (χ2n) is 9.26. The molecule has 2 fully saturated rings. The van der Waals surface area contributed by atoms with E-state index in [1.165, 1.54) is 11.1 Å². The summed E-state index contributed by atoms with van der Waals surface area (Å²) in [7, 11) is 0. The lowest BCUT2D eigenvalue weighted by molar-refractivity contribution is -0.127. The molecular weight excluding hydrogens is 398 g/mol. The van der Waals surface area contributed by atoms with E-state index in [0.29, 0.717) is 13.1 Å². The Bertz CT molecular complexity index is 1070. The third kappa shape index (κ3) is 4.80. The molecule has 0 atom stereocenters. The van der Waals surface area contributed by atoms with E-state index in [1.54, 1.807) is 0 Å². The number of piperidine rings is 1. The van der Waals surface area contributed by atoms with Crippen molar-refractivity contribution < 1.29 is 9.59 Å². The monoisotopic (exact) mass is 429 g/mol. The van der Waals surface area contributed by atoms with Gasteiger partial charge >= 0.3 is 6.03 Å². The Morgan fingerprint density at radius 1 is 0.875 bits per heavy atom. The van der Waals surface area contributed by atoms with Gasteiger partial charge in [-0.2, -0.15) is 0 Å². The van der Waals surface area contributed by atoms with Gasteiger partial charge in [-0.05, 0) is 80.3 Å². The molecule has 2 aliphatic heterocycles. The van der Waals surface area contributed by atoms with Crippen LogP contribution in [0.1, 0.15) is 41.5 Å². The fourth-order valence-corrected chi connectivity index (χ4v) is 4.72. The van der Waals surface area contributed by atoms with E-state index < -0.39 is 0 Å². The molecule has 2 heterocycles. The molecule has 0 radical (unpaired) electrons. The molecule has 0 saturated carbocycles. The molecule has 0 unspecified atom stereocenters. The number of nitrogens with one attached hydrogen (secondary N) is 1. The minimum atomic E-state index is -0.110. The summed E-state index contributed by atoms with van der Waals surface area (Å²) in [5, 5.41) is 3.11. The predicted octanol–water partition coefficient (Wildman–Crippen LogP) is 4.51. The molecule has 32 heavy (non-hydrogen) atoms. The van der Waals surface area contributed by atoms with Crippen LogP contribution in [0, 0.1) is 38.0 Å². The first kappa shape index (κ1) is 22.0. The van der Waals surface area contributed by atoms with E-state index in [9.17, 15) is 9.59 Å². The second-order valence-corrected chi connectivity index (χ2v) is 9.26. The number of carbonyl (C=O) groups excluding carboxylic acids is 2. The number of likely N-dealkylation sites (tertiary alicyclic amines) is 2. The third-order valence-electron chi connectivity index (χ3n) is 7.01. The Labute approximate surface area is 190 Å². The zero-order valence-electron chi connectivity index (χ0n) is 19.2. The lowest BCUT2D eigenvalue weighted by Gasteiger charge is -2.38. The van der Waals surface area contributed by atoms with Gasteiger partial charge in [-0.1, -0.05) is 30.2 Å². The van der Waals surface area contributed by atoms with E-state index in [4.69, 9.17) is 0 Å². The van der Waals surface area contributed by atoms with Crippen molar-refractivity contribution in [3.63, 3.8) is 0 Å². The van der Waals surface area contributed by atoms with Gasteiger partial charge in [0.05, 0.1) is 0 Å². The van der Waals surface area contributed by atoms with Crippen molar-refractivity contribution in [3.8, 4) is 11.8 Å². The molecular formula is C27H31N3O2. The first-order chi connectivity index (χ1) is 15.3. The molecule has 2 saturated heterocycles. The van der Waals surface area contributed by atoms with Gasteiger partial charge in [0.1, 0.15) is 0 Å². The summed E-state index contributed by atoms with van der Waals surface area (Å²) in [6.45, 7) is 9.10. The van der Waals surface area contributed by atoms with Gasteiger partial charge in [-0.25, -0.2) is 4.79 Å². The Morgan fingerprint density at radius 2 is 1.50 bits per heavy atom. The van der Waals surface area contributed by atoms with Crippen molar-refractivity contribution in [1.29, 1.82) is 0 Å². The number of urea groups is 1. The van der Waals surface area contributed by atoms with Crippen LogP contribution in [0.2, 0.25) is 0 Å². The molecule has 1 spiro atoms. The van der Waals surface area contributed by atoms with Gasteiger partial charge in [0.2, 0.25) is 0 Å². The van der Waals surface area contributed by atoms with Crippen molar-refractivity contribution in [2.24, 2.45) is 5.41 Å². The van der Waals surface area contributed by atoms with Crippen molar-refractivity contribution in [2.45, 2.75) is 40.0 Å². The van der Waals surface area contributed by atoms with Gasteiger partial charge in [-0.3, -0.25) is 4.79 Å². The van der Waals surface area contributed by atoms with E-state index in [0.717, 1.165) is 49.2 Å². The SMILES string of the molecule is Cc1cc(C)c(NC(=O)N2CCC3(CCN(C(=O)C#Cc4ccccc4)CC3)C2)cc1C. The van der Waals surface area contributed by atoms with Crippen molar-refractivity contribution in [2.75, 3.05) is 31.5 Å². The van der Waals surface area contributed by atoms with Crippen LogP contribution in [0.5, 0.6) is 0 Å². The number of hydrogen-bond donors (Lipinski definition) is 1. The summed E-state index contributed by atoms with van der Waals surface area (Å²) < 4.78 is 0. The van der Waals surface area contributed by atoms with Gasteiger partial charge in [0.25, 0.3) is 5.91 Å². The quantitative estimate of drug-likeness (QED) is 0.678. The van der Waals surface area contributed by atoms with Crippen LogP contribution in [0.25, 0.3) is 0 Å². The first-order valence-electron chi connectivity index (χ1n) is 11.3. The topological polar surface area (TPSA) is 52.7 Å². The summed E-state index contributed by atoms with van der Waals surface area (Å²) in [6.07, 6.45) is 2.82. The fourth-order valence-electron chi connectivity index (χ4n) is 4.72. The van der Waals surface area contributed by atoms with E-state index in [-0.39, 0.29) is 17.4 Å². The number of hydrogen-bond acceptors (Lipinski definition) is 2. The van der Waals surface area contributed by atoms with Crippen molar-refractivity contribution >= 4 is 17.6 Å². The number of amides is 3. The summed E-state index contributed by atoms with van der Waals surface area (Å²) >= 11 is 0. The highest BCUT2D eigenvalue weighted by molar-refractivity contribution is 5.94. The van der Waals surface area contributed by atoms with Crippen LogP contribution in [0.3, 0.4) is 0 Å². The van der Waals surface area contributed by atoms with Gasteiger partial charge in [0, 0.05) is 43.4 Å². The predicted molar refractivity (Wildman–Crippen MR) is 127 cm³/mol. The number of aryl methyl sites for hydroxylation is 3. The van der Waals surface area contributed by atoms with Crippen LogP contribution >= 0.6 is 0 Å². The molecule has 2 aromatic carbocycles. The normalized spacial score (nSPS) is 17.1. The Kier molecular flexibility index (Phi) is 6.23. The molecule has 1 N–H and O–H groups in total. The number of carbonyl (C=O) groups is 2. The largest absolute Gasteiger partial charge is 0.332 e. The number of rotatable bonds is 1. The maximum atomic E-state index is 12.9. The van der Waals surface area contributed by atoms with Crippen LogP contribution in [-0.2, 0) is 4.79 Å². The van der Waals surface area contributed by atoms with E-state index >= 15 is 0 Å². The summed E-state index contributed by atoms with van der Waals surface area (Å²) in [4.78, 5) is 29.2. The summed E-state index contributed by atoms with van der Waals surface area (Å²) in [6, 6.07) is 13.7. The highest BCUT2D eigenvalue weighted by atomic mass is 16.2. The minimum Gasteiger partial charge on any atom is -0.332 e. The van der Waals surface area contributed by atoms with Crippen LogP contribution in [-0.4, -0.2) is 47.9 Å². The van der Waals surface area contributed by atoms with Gasteiger partial charge < -0.3 is 15.1 Å². The Balaban J connectivity index is 1.32. The van der Waals surface area contributed by atoms with Crippen molar-refractivity contribution in [1.82, 2.24) is 9.80 Å². The van der Waals surface area contributed by atoms with Crippen LogP contribution < -0.4 is 5.32 Å². The molecule has 3 amide bonds. The molecule has 0 aromatic heterocycles. The van der Waals surface area contributed by atoms with Gasteiger partial charge in [0.15, 0.2) is 0 Å². The summed E-state index contributed by atoms with van der Waals surface area (Å²) in [5.74, 6) is 5.63. The van der Waals surface area contributed by atoms with Crippen LogP contribution in [0.4, 0.5) is 10.5 Å². The molecule has 0 bridgehead atoms. The smallest absolute Gasteiger partial charge is 0.321 e. The van der Waals surface area contributed by atoms with Crippen LogP contribution in [0.15, 0.2) is 42.5 Å². The van der Waals surface area contributed by atoms with E-state index in [2.05, 4.69) is 43.1 Å². The summed E-state index contributed by atoms with van der Waals surface area (Å²) in [5.41, 5.74) is 5.34. The van der Waals surface area contributed by atoms with Crippen molar-refractivity contribution in [3.05, 3.63) is 64.7 Å². The zero-order chi connectivity index (χ0) is 22.7. The van der Waals surface area contributed by atoms with Gasteiger partial charge in [-0.15, -0.1) is 0 Å². The zero-order valence-corrected chi connectivity index (χ0v) is 19.2. The average Bonchev–Trinajstić information content (AvgIpc) is 3.20. The molecule has 0 aliphatic carbocycles. The highest BCUT2D eigenvalue weighted by Gasteiger charge is 2.42. The lowest BCUT2D eigenvalue weighted by Crippen LogP contribution is -2.44. The molecule has 166 valence electrons. The third-order valence-corrected chi connectivity index (χ3v) is 7.01. The first-order valence-corrected chi connectivity index (χ1v) is 11.3. The molecule has 2 aromatic rings. The molecule has 2 aliphatic rings.